The summed E-state index contributed by atoms with van der Waals surface area (Å²) in [5, 5.41) is 2.90. The maximum absolute atomic E-state index is 12.4. The van der Waals surface area contributed by atoms with Crippen LogP contribution in [-0.2, 0) is 11.3 Å². The standard InChI is InChI=1S/C17H16N2O4/c20-14-6-7-19-13-10-22-9-12(13)18-17(21)15(19)16(14)23-8-11-4-2-1-3-5-11/h1-7,12-13H,8-10H2,(H,18,21)/t12-,13+/m0/s1. The Morgan fingerprint density at radius 1 is 1.17 bits per heavy atom. The highest BCUT2D eigenvalue weighted by molar-refractivity contribution is 5.96. The molecule has 6 heteroatoms. The van der Waals surface area contributed by atoms with Gasteiger partial charge in [0.15, 0.2) is 11.4 Å². The molecule has 6 nitrogen and oxygen atoms in total. The number of amides is 1. The molecule has 0 spiro atoms. The Balaban J connectivity index is 1.71. The van der Waals surface area contributed by atoms with E-state index in [2.05, 4.69) is 5.32 Å². The summed E-state index contributed by atoms with van der Waals surface area (Å²) in [7, 11) is 0. The summed E-state index contributed by atoms with van der Waals surface area (Å²) in [6, 6.07) is 10.9. The Hall–Kier alpha value is -2.60. The molecule has 1 aromatic carbocycles. The lowest BCUT2D eigenvalue weighted by atomic mass is 10.1. The highest BCUT2D eigenvalue weighted by atomic mass is 16.5. The van der Waals surface area contributed by atoms with Crippen LogP contribution >= 0.6 is 0 Å². The molecule has 2 aliphatic heterocycles. The molecule has 3 heterocycles. The van der Waals surface area contributed by atoms with Gasteiger partial charge in [-0.05, 0) is 5.56 Å². The van der Waals surface area contributed by atoms with Crippen molar-refractivity contribution in [3.63, 3.8) is 0 Å². The average molecular weight is 312 g/mol. The molecule has 0 bridgehead atoms. The lowest BCUT2D eigenvalue weighted by molar-refractivity contribution is 0.0883. The van der Waals surface area contributed by atoms with E-state index in [1.54, 1.807) is 10.8 Å². The van der Waals surface area contributed by atoms with Gasteiger partial charge in [-0.25, -0.2) is 0 Å². The lowest BCUT2D eigenvalue weighted by Crippen LogP contribution is -2.48. The number of rotatable bonds is 3. The second kappa shape index (κ2) is 5.55. The van der Waals surface area contributed by atoms with Crippen LogP contribution in [0, 0.1) is 0 Å². The second-order valence-electron chi connectivity index (χ2n) is 5.72. The topological polar surface area (TPSA) is 69.6 Å². The third-order valence-electron chi connectivity index (χ3n) is 4.25. The number of aromatic nitrogens is 1. The van der Waals surface area contributed by atoms with E-state index in [1.165, 1.54) is 6.07 Å². The molecule has 2 aliphatic rings. The van der Waals surface area contributed by atoms with Crippen LogP contribution in [0.4, 0.5) is 0 Å². The van der Waals surface area contributed by atoms with Crippen molar-refractivity contribution in [2.24, 2.45) is 0 Å². The SMILES string of the molecule is O=C1N[C@H]2COC[C@H]2n2ccc(=O)c(OCc3ccccc3)c21. The fourth-order valence-corrected chi connectivity index (χ4v) is 3.09. The first-order chi connectivity index (χ1) is 11.2. The summed E-state index contributed by atoms with van der Waals surface area (Å²) in [6.07, 6.45) is 1.65. The minimum absolute atomic E-state index is 0.00220. The number of nitrogens with zero attached hydrogens (tertiary/aromatic N) is 1. The van der Waals surface area contributed by atoms with Gasteiger partial charge in [-0.1, -0.05) is 30.3 Å². The number of nitrogens with one attached hydrogen (secondary N) is 1. The highest BCUT2D eigenvalue weighted by Gasteiger charge is 2.39. The predicted octanol–water partition coefficient (Wildman–Crippen LogP) is 1.11. The number of ether oxygens (including phenoxy) is 2. The van der Waals surface area contributed by atoms with Crippen molar-refractivity contribution >= 4 is 5.91 Å². The lowest BCUT2D eigenvalue weighted by Gasteiger charge is -2.30. The van der Waals surface area contributed by atoms with Crippen molar-refractivity contribution in [1.29, 1.82) is 0 Å². The van der Waals surface area contributed by atoms with Gasteiger partial charge in [0.05, 0.1) is 25.3 Å². The van der Waals surface area contributed by atoms with E-state index in [9.17, 15) is 9.59 Å². The molecule has 0 radical (unpaired) electrons. The summed E-state index contributed by atoms with van der Waals surface area (Å²) in [5.41, 5.74) is 0.924. The van der Waals surface area contributed by atoms with Gasteiger partial charge in [0.1, 0.15) is 6.61 Å². The summed E-state index contributed by atoms with van der Waals surface area (Å²) < 4.78 is 13.0. The molecular weight excluding hydrogens is 296 g/mol. The molecule has 1 fully saturated rings. The minimum atomic E-state index is -0.294. The van der Waals surface area contributed by atoms with Gasteiger partial charge in [0.2, 0.25) is 5.43 Å². The summed E-state index contributed by atoms with van der Waals surface area (Å²) in [5.74, 6) is -0.197. The van der Waals surface area contributed by atoms with E-state index in [0.29, 0.717) is 13.2 Å². The Bertz CT molecular complexity index is 800. The van der Waals surface area contributed by atoms with Crippen molar-refractivity contribution in [2.75, 3.05) is 13.2 Å². The van der Waals surface area contributed by atoms with Gasteiger partial charge in [0.25, 0.3) is 5.91 Å². The van der Waals surface area contributed by atoms with Crippen molar-refractivity contribution < 1.29 is 14.3 Å². The number of fused-ring (bicyclic) bond motifs is 3. The Morgan fingerprint density at radius 2 is 2.00 bits per heavy atom. The molecule has 0 saturated carbocycles. The molecule has 1 aromatic heterocycles. The van der Waals surface area contributed by atoms with Gasteiger partial charge < -0.3 is 19.4 Å². The van der Waals surface area contributed by atoms with E-state index in [-0.39, 0.29) is 41.5 Å². The van der Waals surface area contributed by atoms with Gasteiger partial charge in [0, 0.05) is 12.3 Å². The van der Waals surface area contributed by atoms with E-state index < -0.39 is 0 Å². The van der Waals surface area contributed by atoms with E-state index in [4.69, 9.17) is 9.47 Å². The fraction of sp³-hybridized carbons (Fsp3) is 0.294. The Kier molecular flexibility index (Phi) is 3.38. The molecule has 1 saturated heterocycles. The first-order valence-corrected chi connectivity index (χ1v) is 7.54. The van der Waals surface area contributed by atoms with Crippen LogP contribution in [0.15, 0.2) is 47.4 Å². The molecule has 2 atom stereocenters. The van der Waals surface area contributed by atoms with E-state index in [0.717, 1.165) is 5.56 Å². The van der Waals surface area contributed by atoms with Crippen LogP contribution in [-0.4, -0.2) is 29.7 Å². The van der Waals surface area contributed by atoms with Gasteiger partial charge in [-0.15, -0.1) is 0 Å². The summed E-state index contributed by atoms with van der Waals surface area (Å²) in [6.45, 7) is 1.24. The maximum Gasteiger partial charge on any atom is 0.272 e. The van der Waals surface area contributed by atoms with Crippen LogP contribution in [0.3, 0.4) is 0 Å². The van der Waals surface area contributed by atoms with Crippen LogP contribution < -0.4 is 15.5 Å². The monoisotopic (exact) mass is 312 g/mol. The molecule has 0 aliphatic carbocycles. The summed E-state index contributed by atoms with van der Waals surface area (Å²) in [4.78, 5) is 24.6. The number of hydrogen-bond acceptors (Lipinski definition) is 4. The number of pyridine rings is 1. The normalized spacial score (nSPS) is 22.2. The number of benzene rings is 1. The summed E-state index contributed by atoms with van der Waals surface area (Å²) >= 11 is 0. The third kappa shape index (κ3) is 2.41. The van der Waals surface area contributed by atoms with Gasteiger partial charge in [-0.2, -0.15) is 0 Å². The van der Waals surface area contributed by atoms with Crippen LogP contribution in [0.5, 0.6) is 5.75 Å². The fourth-order valence-electron chi connectivity index (χ4n) is 3.09. The second-order valence-corrected chi connectivity index (χ2v) is 5.72. The molecular formula is C17H16N2O4. The zero-order valence-electron chi connectivity index (χ0n) is 12.4. The first kappa shape index (κ1) is 14.0. The zero-order chi connectivity index (χ0) is 15.8. The van der Waals surface area contributed by atoms with Gasteiger partial charge >= 0.3 is 0 Å². The number of hydrogen-bond donors (Lipinski definition) is 1. The quantitative estimate of drug-likeness (QED) is 0.922. The molecule has 23 heavy (non-hydrogen) atoms. The molecule has 2 aromatic rings. The maximum atomic E-state index is 12.4. The number of carbonyl (C=O) groups excluding carboxylic acids is 1. The average Bonchev–Trinajstić information content (AvgIpc) is 3.03. The van der Waals surface area contributed by atoms with Gasteiger partial charge in [-0.3, -0.25) is 9.59 Å². The third-order valence-corrected chi connectivity index (χ3v) is 4.25. The van der Waals surface area contributed by atoms with E-state index in [1.807, 2.05) is 30.3 Å². The van der Waals surface area contributed by atoms with Crippen LogP contribution in [0.1, 0.15) is 22.1 Å². The molecule has 1 N–H and O–H groups in total. The van der Waals surface area contributed by atoms with Crippen LogP contribution in [0.25, 0.3) is 0 Å². The van der Waals surface area contributed by atoms with Crippen molar-refractivity contribution in [2.45, 2.75) is 18.7 Å². The van der Waals surface area contributed by atoms with E-state index >= 15 is 0 Å². The Labute approximate surface area is 132 Å². The molecule has 1 amide bonds. The molecule has 4 rings (SSSR count). The van der Waals surface area contributed by atoms with Crippen LogP contribution in [0.2, 0.25) is 0 Å². The molecule has 0 unspecified atom stereocenters. The smallest absolute Gasteiger partial charge is 0.272 e. The largest absolute Gasteiger partial charge is 0.483 e. The van der Waals surface area contributed by atoms with Crippen molar-refractivity contribution in [3.8, 4) is 5.75 Å². The predicted molar refractivity (Wildman–Crippen MR) is 82.6 cm³/mol. The number of carbonyl (C=O) groups is 1. The Morgan fingerprint density at radius 3 is 2.83 bits per heavy atom. The molecule has 118 valence electrons. The van der Waals surface area contributed by atoms with Crippen molar-refractivity contribution in [1.82, 2.24) is 9.88 Å². The minimum Gasteiger partial charge on any atom is -0.483 e. The zero-order valence-corrected chi connectivity index (χ0v) is 12.4. The first-order valence-electron chi connectivity index (χ1n) is 7.54. The van der Waals surface area contributed by atoms with Crippen molar-refractivity contribution in [3.05, 3.63) is 64.1 Å². The highest BCUT2D eigenvalue weighted by Crippen LogP contribution is 2.29.